The fourth-order valence-corrected chi connectivity index (χ4v) is 0.770. The molecule has 0 unspecified atom stereocenters. The van der Waals surface area contributed by atoms with Crippen LogP contribution in [0.1, 0.15) is 0 Å². The maximum atomic E-state index is 9.22. The Balaban J connectivity index is 3.67. The van der Waals surface area contributed by atoms with Gasteiger partial charge in [-0.05, 0) is 0 Å². The van der Waals surface area contributed by atoms with Crippen LogP contribution in [0.5, 0.6) is 0 Å². The summed E-state index contributed by atoms with van der Waals surface area (Å²) in [6.07, 6.45) is 0. The fraction of sp³-hybridized carbons (Fsp3) is 0. The van der Waals surface area contributed by atoms with Gasteiger partial charge in [0.2, 0.25) is 0 Å². The van der Waals surface area contributed by atoms with Crippen LogP contribution in [0.25, 0.3) is 0 Å². The molecule has 10 heteroatoms. The van der Waals surface area contributed by atoms with Crippen molar-refractivity contribution in [1.82, 2.24) is 0 Å². The van der Waals surface area contributed by atoms with E-state index in [1.165, 1.54) is 0 Å². The van der Waals surface area contributed by atoms with Crippen LogP contribution in [0.15, 0.2) is 29.2 Å². The quantitative estimate of drug-likeness (QED) is 0.436. The van der Waals surface area contributed by atoms with E-state index in [-0.39, 0.29) is 0 Å². The average Bonchev–Trinajstić information content (AvgIpc) is 1.87. The Kier molecular flexibility index (Phi) is 7.22. The molecule has 0 aliphatic rings. The van der Waals surface area contributed by atoms with Crippen molar-refractivity contribution in [3.63, 3.8) is 0 Å². The maximum absolute atomic E-state index is 9.22. The summed E-state index contributed by atoms with van der Waals surface area (Å²) in [6, 6.07) is 0. The molecule has 0 aliphatic heterocycles. The van der Waals surface area contributed by atoms with Gasteiger partial charge in [0, 0.05) is 0 Å². The SMILES string of the molecule is O=N/N=N/N=N/[N]=[Zr]([Cl])[Cl]. The van der Waals surface area contributed by atoms with Gasteiger partial charge >= 0.3 is 70.3 Å². The van der Waals surface area contributed by atoms with Crippen molar-refractivity contribution < 1.29 is 19.2 Å². The minimum absolute atomic E-state index is 2.02. The first-order valence-corrected chi connectivity index (χ1v) is 9.21. The summed E-state index contributed by atoms with van der Waals surface area (Å²) in [6.45, 7) is 0. The molecule has 0 atom stereocenters. The predicted molar refractivity (Wildman–Crippen MR) is 29.6 cm³/mol. The first-order valence-electron chi connectivity index (χ1n) is 1.78. The molecule has 0 rings (SSSR count). The molecule has 0 spiro atoms. The van der Waals surface area contributed by atoms with Gasteiger partial charge in [-0.2, -0.15) is 0 Å². The number of halogens is 2. The summed E-state index contributed by atoms with van der Waals surface area (Å²) >= 11 is -2.59. The molecule has 0 saturated carbocycles. The van der Waals surface area contributed by atoms with Crippen LogP contribution >= 0.6 is 17.0 Å². The van der Waals surface area contributed by atoms with Gasteiger partial charge in [0.1, 0.15) is 0 Å². The van der Waals surface area contributed by atoms with E-state index < -0.39 is 19.2 Å². The fourth-order valence-electron chi connectivity index (χ4n) is 0.106. The van der Waals surface area contributed by atoms with Gasteiger partial charge in [-0.15, -0.1) is 0 Å². The van der Waals surface area contributed by atoms with Crippen LogP contribution in [0.4, 0.5) is 0 Å². The van der Waals surface area contributed by atoms with Gasteiger partial charge in [0.05, 0.1) is 0 Å². The van der Waals surface area contributed by atoms with Gasteiger partial charge in [0.15, 0.2) is 0 Å². The molecule has 7 nitrogen and oxygen atoms in total. The van der Waals surface area contributed by atoms with Crippen molar-refractivity contribution in [3.8, 4) is 0 Å². The summed E-state index contributed by atoms with van der Waals surface area (Å²) in [5, 5.41) is 13.3. The Bertz CT molecular complexity index is 180. The molecule has 0 radical (unpaired) electrons. The van der Waals surface area contributed by atoms with Crippen LogP contribution in [0, 0.1) is 4.91 Å². The van der Waals surface area contributed by atoms with E-state index >= 15 is 0 Å². The van der Waals surface area contributed by atoms with Crippen molar-refractivity contribution in [2.45, 2.75) is 0 Å². The normalized spacial score (nSPS) is 10.6. The van der Waals surface area contributed by atoms with E-state index in [1.54, 1.807) is 0 Å². The van der Waals surface area contributed by atoms with E-state index in [1.807, 2.05) is 5.29 Å². The molecule has 10 heavy (non-hydrogen) atoms. The Hall–Kier alpha value is 0.0631. The number of nitrogens with zero attached hydrogens (tertiary/aromatic N) is 6. The predicted octanol–water partition coefficient (Wildman–Crippen LogP) is 2.51. The molecule has 0 saturated heterocycles. The zero-order valence-corrected chi connectivity index (χ0v) is 8.32. The third-order valence-electron chi connectivity index (χ3n) is 0.277. The average molecular weight is 262 g/mol. The second kappa shape index (κ2) is 7.17. The van der Waals surface area contributed by atoms with Gasteiger partial charge < -0.3 is 0 Å². The monoisotopic (exact) mass is 260 g/mol. The molecule has 0 aromatic carbocycles. The molecule has 0 fully saturated rings. The molecule has 0 aromatic heterocycles. The van der Waals surface area contributed by atoms with Gasteiger partial charge in [-0.25, -0.2) is 0 Å². The standard InChI is InChI=1S/2ClH.N6O.Zr/c;;1-2-3-4-5-6-7;/h2*1H;;/q;;;+2/p-2/b;;3-2+,5-4+;. The molecule has 0 amide bonds. The minimum atomic E-state index is -2.59. The molecule has 0 aliphatic carbocycles. The van der Waals surface area contributed by atoms with Crippen molar-refractivity contribution >= 4 is 17.0 Å². The van der Waals surface area contributed by atoms with Crippen molar-refractivity contribution in [2.24, 2.45) is 29.2 Å². The topological polar surface area (TPSA) is 91.2 Å². The van der Waals surface area contributed by atoms with Crippen molar-refractivity contribution in [3.05, 3.63) is 4.91 Å². The Labute approximate surface area is 70.1 Å². The third kappa shape index (κ3) is 8.06. The van der Waals surface area contributed by atoms with Crippen LogP contribution in [-0.4, -0.2) is 0 Å². The Morgan fingerprint density at radius 1 is 1.00 bits per heavy atom. The summed E-state index contributed by atoms with van der Waals surface area (Å²) in [7, 11) is 10.5. The van der Waals surface area contributed by atoms with E-state index in [9.17, 15) is 4.91 Å². The zero-order valence-electron chi connectivity index (χ0n) is 4.35. The molecule has 0 aromatic rings. The first kappa shape index (κ1) is 10.1. The van der Waals surface area contributed by atoms with Crippen molar-refractivity contribution in [2.75, 3.05) is 0 Å². The number of nitroso groups, excluding NO2 is 1. The Morgan fingerprint density at radius 2 is 1.60 bits per heavy atom. The van der Waals surface area contributed by atoms with Crippen LogP contribution in [0.2, 0.25) is 0 Å². The number of rotatable bonds is 3. The molecule has 0 bridgehead atoms. The van der Waals surface area contributed by atoms with Crippen LogP contribution in [0.3, 0.4) is 0 Å². The Morgan fingerprint density at radius 3 is 2.10 bits per heavy atom. The molecule has 0 N–H and O–H groups in total. The van der Waals surface area contributed by atoms with Crippen molar-refractivity contribution in [1.29, 1.82) is 0 Å². The molecule has 54 valence electrons. The van der Waals surface area contributed by atoms with Crippen LogP contribution < -0.4 is 0 Å². The summed E-state index contributed by atoms with van der Waals surface area (Å²) in [4.78, 5) is 9.22. The molecular weight excluding hydrogens is 262 g/mol. The second-order valence-corrected chi connectivity index (χ2v) is 7.83. The first-order chi connectivity index (χ1) is 4.77. The summed E-state index contributed by atoms with van der Waals surface area (Å²) in [5.41, 5.74) is 0. The molecular formula is Cl2N6OZr. The second-order valence-electron chi connectivity index (χ2n) is 0.780. The van der Waals surface area contributed by atoms with E-state index in [0.717, 1.165) is 0 Å². The summed E-state index contributed by atoms with van der Waals surface area (Å²) in [5.74, 6) is 0. The van der Waals surface area contributed by atoms with Gasteiger partial charge in [0.25, 0.3) is 0 Å². The van der Waals surface area contributed by atoms with E-state index in [4.69, 9.17) is 17.0 Å². The summed E-state index contributed by atoms with van der Waals surface area (Å²) < 4.78 is 3.28. The van der Waals surface area contributed by atoms with E-state index in [2.05, 4.69) is 23.9 Å². The number of hydrogen-bond donors (Lipinski definition) is 0. The van der Waals surface area contributed by atoms with E-state index in [0.29, 0.717) is 0 Å². The van der Waals surface area contributed by atoms with Gasteiger partial charge in [-0.3, -0.25) is 0 Å². The third-order valence-corrected chi connectivity index (χ3v) is 1.76. The number of hydrogen-bond acceptors (Lipinski definition) is 2. The zero-order chi connectivity index (χ0) is 7.82. The molecule has 0 heterocycles. The van der Waals surface area contributed by atoms with Crippen LogP contribution in [-0.2, 0) is 19.2 Å². The van der Waals surface area contributed by atoms with Gasteiger partial charge in [-0.1, -0.05) is 0 Å².